The van der Waals surface area contributed by atoms with Gasteiger partial charge in [-0.05, 0) is 32.8 Å². The Morgan fingerprint density at radius 3 is 2.78 bits per heavy atom. The molecule has 0 atom stereocenters. The lowest BCUT2D eigenvalue weighted by Crippen LogP contribution is -2.38. The lowest BCUT2D eigenvalue weighted by atomic mass is 9.96. The summed E-state index contributed by atoms with van der Waals surface area (Å²) in [4.78, 5) is 26.3. The molecule has 0 saturated carbocycles. The minimum absolute atomic E-state index is 0.0305. The highest BCUT2D eigenvalue weighted by Gasteiger charge is 2.26. The van der Waals surface area contributed by atoms with Crippen LogP contribution in [0, 0.1) is 0 Å². The van der Waals surface area contributed by atoms with Gasteiger partial charge in [-0.3, -0.25) is 4.79 Å². The summed E-state index contributed by atoms with van der Waals surface area (Å²) in [5.41, 5.74) is 0.444. The van der Waals surface area contributed by atoms with Crippen LogP contribution < -0.4 is 4.74 Å². The van der Waals surface area contributed by atoms with E-state index in [0.29, 0.717) is 17.5 Å². The highest BCUT2D eigenvalue weighted by Crippen LogP contribution is 2.26. The molecule has 23 heavy (non-hydrogen) atoms. The number of aromatic amines is 1. The zero-order valence-corrected chi connectivity index (χ0v) is 13.5. The van der Waals surface area contributed by atoms with Gasteiger partial charge < -0.3 is 14.6 Å². The first-order chi connectivity index (χ1) is 11.1. The molecule has 0 aliphatic carbocycles. The smallest absolute Gasteiger partial charge is 0.272 e. The molecule has 3 heterocycles. The second-order valence-electron chi connectivity index (χ2n) is 6.07. The van der Waals surface area contributed by atoms with Crippen molar-refractivity contribution in [3.05, 3.63) is 42.1 Å². The SMILES string of the molecule is CC(C)Oc1cccc(C(=O)N2CCC(c3ncc[nH]3)CC2)n1. The maximum absolute atomic E-state index is 12.6. The third kappa shape index (κ3) is 3.70. The zero-order chi connectivity index (χ0) is 16.2. The van der Waals surface area contributed by atoms with Crippen LogP contribution in [0.3, 0.4) is 0 Å². The van der Waals surface area contributed by atoms with Gasteiger partial charge in [-0.25, -0.2) is 9.97 Å². The van der Waals surface area contributed by atoms with Gasteiger partial charge in [0.2, 0.25) is 5.88 Å². The van der Waals surface area contributed by atoms with Gasteiger partial charge in [-0.15, -0.1) is 0 Å². The molecule has 0 aromatic carbocycles. The van der Waals surface area contributed by atoms with Crippen LogP contribution in [0.5, 0.6) is 5.88 Å². The third-order valence-electron chi connectivity index (χ3n) is 3.99. The molecule has 122 valence electrons. The summed E-state index contributed by atoms with van der Waals surface area (Å²) >= 11 is 0. The van der Waals surface area contributed by atoms with E-state index in [1.165, 1.54) is 0 Å². The van der Waals surface area contributed by atoms with Crippen molar-refractivity contribution in [2.75, 3.05) is 13.1 Å². The van der Waals surface area contributed by atoms with E-state index in [9.17, 15) is 4.79 Å². The number of carbonyl (C=O) groups is 1. The Balaban J connectivity index is 1.63. The Bertz CT molecular complexity index is 646. The van der Waals surface area contributed by atoms with Crippen molar-refractivity contribution in [2.45, 2.75) is 38.7 Å². The van der Waals surface area contributed by atoms with Crippen LogP contribution in [0.4, 0.5) is 0 Å². The molecule has 0 radical (unpaired) electrons. The van der Waals surface area contributed by atoms with E-state index < -0.39 is 0 Å². The number of hydrogen-bond acceptors (Lipinski definition) is 4. The fourth-order valence-corrected chi connectivity index (χ4v) is 2.86. The maximum atomic E-state index is 12.6. The van der Waals surface area contributed by atoms with E-state index in [2.05, 4.69) is 15.0 Å². The number of hydrogen-bond donors (Lipinski definition) is 1. The van der Waals surface area contributed by atoms with Crippen molar-refractivity contribution >= 4 is 5.91 Å². The average Bonchev–Trinajstić information content (AvgIpc) is 3.08. The van der Waals surface area contributed by atoms with Gasteiger partial charge >= 0.3 is 0 Å². The molecule has 3 rings (SSSR count). The van der Waals surface area contributed by atoms with Crippen molar-refractivity contribution in [1.29, 1.82) is 0 Å². The second-order valence-corrected chi connectivity index (χ2v) is 6.07. The number of aromatic nitrogens is 3. The van der Waals surface area contributed by atoms with Gasteiger partial charge in [0.05, 0.1) is 6.10 Å². The molecular formula is C17H22N4O2. The first kappa shape index (κ1) is 15.5. The zero-order valence-electron chi connectivity index (χ0n) is 13.5. The molecule has 2 aromatic rings. The number of ether oxygens (including phenoxy) is 1. The van der Waals surface area contributed by atoms with Crippen LogP contribution in [0.15, 0.2) is 30.6 Å². The monoisotopic (exact) mass is 314 g/mol. The molecule has 6 nitrogen and oxygen atoms in total. The van der Waals surface area contributed by atoms with E-state index in [4.69, 9.17) is 4.74 Å². The normalized spacial score (nSPS) is 15.9. The van der Waals surface area contributed by atoms with Crippen LogP contribution in [0.25, 0.3) is 0 Å². The third-order valence-corrected chi connectivity index (χ3v) is 3.99. The van der Waals surface area contributed by atoms with Crippen molar-refractivity contribution in [3.63, 3.8) is 0 Å². The fourth-order valence-electron chi connectivity index (χ4n) is 2.86. The average molecular weight is 314 g/mol. The summed E-state index contributed by atoms with van der Waals surface area (Å²) in [6, 6.07) is 5.33. The van der Waals surface area contributed by atoms with Crippen LogP contribution in [0.2, 0.25) is 0 Å². The largest absolute Gasteiger partial charge is 0.475 e. The molecule has 1 N–H and O–H groups in total. The number of H-pyrrole nitrogens is 1. The van der Waals surface area contributed by atoms with Crippen LogP contribution in [-0.4, -0.2) is 45.0 Å². The fraction of sp³-hybridized carbons (Fsp3) is 0.471. The Labute approximate surface area is 135 Å². The maximum Gasteiger partial charge on any atom is 0.272 e. The van der Waals surface area contributed by atoms with Gasteiger partial charge in [-0.2, -0.15) is 0 Å². The Morgan fingerprint density at radius 1 is 1.35 bits per heavy atom. The summed E-state index contributed by atoms with van der Waals surface area (Å²) < 4.78 is 5.56. The number of likely N-dealkylation sites (tertiary alicyclic amines) is 1. The van der Waals surface area contributed by atoms with E-state index >= 15 is 0 Å². The van der Waals surface area contributed by atoms with Crippen LogP contribution >= 0.6 is 0 Å². The van der Waals surface area contributed by atoms with E-state index in [0.717, 1.165) is 31.8 Å². The summed E-state index contributed by atoms with van der Waals surface area (Å²) in [6.45, 7) is 5.33. The van der Waals surface area contributed by atoms with Crippen LogP contribution in [0.1, 0.15) is 48.9 Å². The summed E-state index contributed by atoms with van der Waals surface area (Å²) in [5, 5.41) is 0. The van der Waals surface area contributed by atoms with E-state index in [1.54, 1.807) is 18.3 Å². The molecule has 2 aromatic heterocycles. The first-order valence-corrected chi connectivity index (χ1v) is 8.05. The van der Waals surface area contributed by atoms with Crippen LogP contribution in [-0.2, 0) is 0 Å². The standard InChI is InChI=1S/C17H22N4O2/c1-12(2)23-15-5-3-4-14(20-15)17(22)21-10-6-13(7-11-21)16-18-8-9-19-16/h3-5,8-9,12-13H,6-7,10-11H2,1-2H3,(H,18,19). The quantitative estimate of drug-likeness (QED) is 0.941. The number of amides is 1. The van der Waals surface area contributed by atoms with E-state index in [1.807, 2.05) is 31.0 Å². The first-order valence-electron chi connectivity index (χ1n) is 8.05. The Kier molecular flexibility index (Phi) is 4.60. The number of nitrogens with zero attached hydrogens (tertiary/aromatic N) is 3. The number of imidazole rings is 1. The highest BCUT2D eigenvalue weighted by atomic mass is 16.5. The minimum Gasteiger partial charge on any atom is -0.475 e. The topological polar surface area (TPSA) is 71.1 Å². The molecular weight excluding hydrogens is 292 g/mol. The lowest BCUT2D eigenvalue weighted by molar-refractivity contribution is 0.0703. The second kappa shape index (κ2) is 6.81. The molecule has 0 bridgehead atoms. The molecule has 1 amide bonds. The van der Waals surface area contributed by atoms with Gasteiger partial charge in [0.25, 0.3) is 5.91 Å². The minimum atomic E-state index is -0.0305. The molecule has 1 aliphatic rings. The van der Waals surface area contributed by atoms with Gasteiger partial charge in [0, 0.05) is 37.5 Å². The number of rotatable bonds is 4. The lowest BCUT2D eigenvalue weighted by Gasteiger charge is -2.31. The number of nitrogens with one attached hydrogen (secondary N) is 1. The molecule has 0 spiro atoms. The predicted molar refractivity (Wildman–Crippen MR) is 86.5 cm³/mol. The molecule has 0 unspecified atom stereocenters. The highest BCUT2D eigenvalue weighted by molar-refractivity contribution is 5.92. The summed E-state index contributed by atoms with van der Waals surface area (Å²) in [6.07, 6.45) is 5.49. The van der Waals surface area contributed by atoms with Gasteiger partial charge in [0.1, 0.15) is 11.5 Å². The molecule has 1 saturated heterocycles. The molecule has 1 aliphatic heterocycles. The van der Waals surface area contributed by atoms with Crippen molar-refractivity contribution in [3.8, 4) is 5.88 Å². The van der Waals surface area contributed by atoms with E-state index in [-0.39, 0.29) is 12.0 Å². The predicted octanol–water partition coefficient (Wildman–Crippen LogP) is 2.61. The van der Waals surface area contributed by atoms with Gasteiger partial charge in [0.15, 0.2) is 0 Å². The Hall–Kier alpha value is -2.37. The summed E-state index contributed by atoms with van der Waals surface area (Å²) in [7, 11) is 0. The van der Waals surface area contributed by atoms with Crippen molar-refractivity contribution in [1.82, 2.24) is 19.9 Å². The molecule has 6 heteroatoms. The van der Waals surface area contributed by atoms with Gasteiger partial charge in [-0.1, -0.05) is 6.07 Å². The van der Waals surface area contributed by atoms with Crippen molar-refractivity contribution < 1.29 is 9.53 Å². The summed E-state index contributed by atoms with van der Waals surface area (Å²) in [5.74, 6) is 1.88. The molecule has 1 fully saturated rings. The number of piperidine rings is 1. The number of carbonyl (C=O) groups excluding carboxylic acids is 1. The van der Waals surface area contributed by atoms with Crippen molar-refractivity contribution in [2.24, 2.45) is 0 Å². The Morgan fingerprint density at radius 2 is 2.13 bits per heavy atom. The number of pyridine rings is 1.